The predicted molar refractivity (Wildman–Crippen MR) is 64.6 cm³/mol. The highest BCUT2D eigenvalue weighted by Gasteiger charge is 2.21. The number of ether oxygens (including phenoxy) is 1. The number of thioether (sulfide) groups is 1. The van der Waals surface area contributed by atoms with Crippen LogP contribution in [0.4, 0.5) is 0 Å². The van der Waals surface area contributed by atoms with Gasteiger partial charge in [0.25, 0.3) is 0 Å². The van der Waals surface area contributed by atoms with Crippen LogP contribution in [-0.4, -0.2) is 33.6 Å². The van der Waals surface area contributed by atoms with Gasteiger partial charge < -0.3 is 9.84 Å². The molecular weight excluding hydrogens is 228 g/mol. The van der Waals surface area contributed by atoms with Crippen molar-refractivity contribution in [2.75, 3.05) is 5.75 Å². The molecule has 0 heterocycles. The quantitative estimate of drug-likeness (QED) is 0.731. The fourth-order valence-electron chi connectivity index (χ4n) is 1.08. The molecule has 1 N–H and O–H groups in total. The molecule has 1 unspecified atom stereocenters. The van der Waals surface area contributed by atoms with Gasteiger partial charge in [-0.25, -0.2) is 0 Å². The van der Waals surface area contributed by atoms with Crippen molar-refractivity contribution in [3.8, 4) is 0 Å². The summed E-state index contributed by atoms with van der Waals surface area (Å²) in [5.74, 6) is -1.14. The molecule has 0 saturated carbocycles. The van der Waals surface area contributed by atoms with Crippen LogP contribution in [0.5, 0.6) is 0 Å². The van der Waals surface area contributed by atoms with E-state index < -0.39 is 16.8 Å². The van der Waals surface area contributed by atoms with E-state index in [1.807, 2.05) is 6.92 Å². The lowest BCUT2D eigenvalue weighted by Crippen LogP contribution is -2.26. The summed E-state index contributed by atoms with van der Waals surface area (Å²) in [4.78, 5) is 22.2. The Kier molecular flexibility index (Phi) is 6.48. The third-order valence-electron chi connectivity index (χ3n) is 1.65. The van der Waals surface area contributed by atoms with Crippen molar-refractivity contribution in [1.82, 2.24) is 0 Å². The Balaban J connectivity index is 4.01. The number of esters is 1. The van der Waals surface area contributed by atoms with Gasteiger partial charge in [0.15, 0.2) is 0 Å². The van der Waals surface area contributed by atoms with Crippen molar-refractivity contribution < 1.29 is 19.4 Å². The van der Waals surface area contributed by atoms with Gasteiger partial charge in [-0.3, -0.25) is 9.59 Å². The summed E-state index contributed by atoms with van der Waals surface area (Å²) in [5, 5.41) is 8.36. The highest BCUT2D eigenvalue weighted by molar-refractivity contribution is 8.01. The minimum atomic E-state index is -0.865. The molecule has 94 valence electrons. The van der Waals surface area contributed by atoms with E-state index >= 15 is 0 Å². The number of carboxylic acid groups (broad SMARTS) is 1. The lowest BCUT2D eigenvalue weighted by molar-refractivity contribution is -0.151. The lowest BCUT2D eigenvalue weighted by atomic mass is 10.2. The molecule has 0 rings (SSSR count). The van der Waals surface area contributed by atoms with Gasteiger partial charge >= 0.3 is 11.9 Å². The maximum Gasteiger partial charge on any atom is 0.316 e. The monoisotopic (exact) mass is 248 g/mol. The first-order valence-electron chi connectivity index (χ1n) is 5.32. The standard InChI is InChI=1S/C11H20O4S/c1-5-6-8(10(13)14)16-7-9(12)15-11(2,3)4/h8H,5-7H2,1-4H3,(H,13,14). The van der Waals surface area contributed by atoms with Crippen LogP contribution in [0, 0.1) is 0 Å². The normalized spacial score (nSPS) is 13.2. The first-order chi connectivity index (χ1) is 7.26. The van der Waals surface area contributed by atoms with E-state index in [4.69, 9.17) is 9.84 Å². The molecular formula is C11H20O4S. The Labute approximate surface area is 101 Å². The van der Waals surface area contributed by atoms with E-state index in [1.54, 1.807) is 20.8 Å². The molecule has 5 heteroatoms. The van der Waals surface area contributed by atoms with Crippen molar-refractivity contribution in [2.45, 2.75) is 51.4 Å². The van der Waals surface area contributed by atoms with Gasteiger partial charge in [-0.1, -0.05) is 13.3 Å². The van der Waals surface area contributed by atoms with Gasteiger partial charge in [0, 0.05) is 0 Å². The van der Waals surface area contributed by atoms with Crippen molar-refractivity contribution >= 4 is 23.7 Å². The minimum Gasteiger partial charge on any atom is -0.480 e. The van der Waals surface area contributed by atoms with Gasteiger partial charge in [0.05, 0.1) is 5.75 Å². The maximum atomic E-state index is 11.4. The van der Waals surface area contributed by atoms with Gasteiger partial charge in [-0.05, 0) is 27.2 Å². The van der Waals surface area contributed by atoms with E-state index in [2.05, 4.69) is 0 Å². The van der Waals surface area contributed by atoms with Crippen LogP contribution in [0.2, 0.25) is 0 Å². The molecule has 0 radical (unpaired) electrons. The smallest absolute Gasteiger partial charge is 0.316 e. The second kappa shape index (κ2) is 6.78. The number of hydrogen-bond acceptors (Lipinski definition) is 4. The number of hydrogen-bond donors (Lipinski definition) is 1. The van der Waals surface area contributed by atoms with E-state index in [-0.39, 0.29) is 11.7 Å². The minimum absolute atomic E-state index is 0.0915. The summed E-state index contributed by atoms with van der Waals surface area (Å²) < 4.78 is 5.09. The van der Waals surface area contributed by atoms with Crippen molar-refractivity contribution in [2.24, 2.45) is 0 Å². The lowest BCUT2D eigenvalue weighted by Gasteiger charge is -2.20. The summed E-state index contributed by atoms with van der Waals surface area (Å²) in [7, 11) is 0. The molecule has 0 bridgehead atoms. The first-order valence-corrected chi connectivity index (χ1v) is 6.37. The highest BCUT2D eigenvalue weighted by atomic mass is 32.2. The Morgan fingerprint density at radius 1 is 1.38 bits per heavy atom. The van der Waals surface area contributed by atoms with E-state index in [0.717, 1.165) is 18.2 Å². The second-order valence-corrected chi connectivity index (χ2v) is 5.70. The van der Waals surface area contributed by atoms with E-state index in [9.17, 15) is 9.59 Å². The number of rotatable bonds is 6. The van der Waals surface area contributed by atoms with Crippen LogP contribution in [-0.2, 0) is 14.3 Å². The Morgan fingerprint density at radius 2 is 1.94 bits per heavy atom. The van der Waals surface area contributed by atoms with Crippen LogP contribution in [0.15, 0.2) is 0 Å². The van der Waals surface area contributed by atoms with Gasteiger partial charge in [0.1, 0.15) is 10.9 Å². The fourth-order valence-corrected chi connectivity index (χ4v) is 2.02. The van der Waals surface area contributed by atoms with Gasteiger partial charge in [-0.2, -0.15) is 0 Å². The van der Waals surface area contributed by atoms with Crippen molar-refractivity contribution in [3.05, 3.63) is 0 Å². The number of carbonyl (C=O) groups is 2. The van der Waals surface area contributed by atoms with Gasteiger partial charge in [0.2, 0.25) is 0 Å². The predicted octanol–water partition coefficient (Wildman–Crippen LogP) is 2.31. The fraction of sp³-hybridized carbons (Fsp3) is 0.818. The second-order valence-electron chi connectivity index (χ2n) is 4.51. The molecule has 0 spiro atoms. The molecule has 1 atom stereocenters. The van der Waals surface area contributed by atoms with E-state index in [0.29, 0.717) is 6.42 Å². The molecule has 4 nitrogen and oxygen atoms in total. The molecule has 0 aromatic heterocycles. The molecule has 0 aromatic carbocycles. The average Bonchev–Trinajstić information content (AvgIpc) is 2.08. The van der Waals surface area contributed by atoms with Crippen LogP contribution in [0.25, 0.3) is 0 Å². The average molecular weight is 248 g/mol. The zero-order valence-corrected chi connectivity index (χ0v) is 11.1. The van der Waals surface area contributed by atoms with Crippen LogP contribution < -0.4 is 0 Å². The number of carbonyl (C=O) groups excluding carboxylic acids is 1. The van der Waals surface area contributed by atoms with Crippen LogP contribution in [0.3, 0.4) is 0 Å². The van der Waals surface area contributed by atoms with E-state index in [1.165, 1.54) is 0 Å². The topological polar surface area (TPSA) is 63.6 Å². The Hall–Kier alpha value is -0.710. The molecule has 0 aromatic rings. The van der Waals surface area contributed by atoms with Crippen LogP contribution >= 0.6 is 11.8 Å². The SMILES string of the molecule is CCCC(SCC(=O)OC(C)(C)C)C(=O)O. The summed E-state index contributed by atoms with van der Waals surface area (Å²) in [6.45, 7) is 7.28. The maximum absolute atomic E-state index is 11.4. The molecule has 0 aliphatic rings. The Morgan fingerprint density at radius 3 is 2.31 bits per heavy atom. The molecule has 0 fully saturated rings. The zero-order chi connectivity index (χ0) is 12.8. The van der Waals surface area contributed by atoms with Gasteiger partial charge in [-0.15, -0.1) is 11.8 Å². The molecule has 0 amide bonds. The largest absolute Gasteiger partial charge is 0.480 e. The summed E-state index contributed by atoms with van der Waals surface area (Å²) >= 11 is 1.13. The summed E-state index contributed by atoms with van der Waals surface area (Å²) in [6, 6.07) is 0. The van der Waals surface area contributed by atoms with Crippen molar-refractivity contribution in [3.63, 3.8) is 0 Å². The third-order valence-corrected chi connectivity index (χ3v) is 2.89. The van der Waals surface area contributed by atoms with Crippen LogP contribution in [0.1, 0.15) is 40.5 Å². The first kappa shape index (κ1) is 15.3. The molecule has 0 aliphatic carbocycles. The number of carboxylic acids is 1. The Bertz CT molecular complexity index is 245. The molecule has 16 heavy (non-hydrogen) atoms. The third kappa shape index (κ3) is 7.56. The number of aliphatic carboxylic acids is 1. The summed E-state index contributed by atoms with van der Waals surface area (Å²) in [5.41, 5.74) is -0.513. The molecule has 0 saturated heterocycles. The highest BCUT2D eigenvalue weighted by Crippen LogP contribution is 2.18. The summed E-state index contributed by atoms with van der Waals surface area (Å²) in [6.07, 6.45) is 1.36. The molecule has 0 aliphatic heterocycles. The van der Waals surface area contributed by atoms with Crippen molar-refractivity contribution in [1.29, 1.82) is 0 Å². The zero-order valence-electron chi connectivity index (χ0n) is 10.3.